The Hall–Kier alpha value is -0.0800. The van der Waals surface area contributed by atoms with Crippen molar-refractivity contribution in [3.63, 3.8) is 0 Å². The minimum absolute atomic E-state index is 0. The van der Waals surface area contributed by atoms with E-state index in [2.05, 4.69) is 29.5 Å². The van der Waals surface area contributed by atoms with Crippen LogP contribution in [0.25, 0.3) is 0 Å². The Labute approximate surface area is 166 Å². The van der Waals surface area contributed by atoms with E-state index in [0.29, 0.717) is 13.2 Å². The van der Waals surface area contributed by atoms with Crippen LogP contribution >= 0.6 is 24.0 Å². The van der Waals surface area contributed by atoms with Crippen molar-refractivity contribution in [1.29, 1.82) is 0 Å². The van der Waals surface area contributed by atoms with Crippen molar-refractivity contribution in [2.45, 2.75) is 58.8 Å². The number of methoxy groups -OCH3 is 1. The Kier molecular flexibility index (Phi) is 22.8. The van der Waals surface area contributed by atoms with Gasteiger partial charge in [-0.05, 0) is 25.2 Å². The number of aliphatic imine (C=N–C) groups is 1. The largest absolute Gasteiger partial charge is 0.382 e. The van der Waals surface area contributed by atoms with Crippen LogP contribution in [0.1, 0.15) is 58.8 Å². The van der Waals surface area contributed by atoms with Gasteiger partial charge in [0, 0.05) is 33.9 Å². The predicted octanol–water partition coefficient (Wildman–Crippen LogP) is 3.82. The number of rotatable bonds is 15. The highest BCUT2D eigenvalue weighted by atomic mass is 127. The van der Waals surface area contributed by atoms with E-state index < -0.39 is 0 Å². The lowest BCUT2D eigenvalue weighted by atomic mass is 10.0. The summed E-state index contributed by atoms with van der Waals surface area (Å²) in [7, 11) is 3.52. The summed E-state index contributed by atoms with van der Waals surface area (Å²) in [6, 6.07) is 0. The highest BCUT2D eigenvalue weighted by Crippen LogP contribution is 2.08. The van der Waals surface area contributed by atoms with E-state index in [1.54, 1.807) is 7.11 Å². The Morgan fingerprint density at radius 2 is 1.50 bits per heavy atom. The summed E-state index contributed by atoms with van der Waals surface area (Å²) in [5.74, 6) is 1.74. The molecule has 0 rings (SSSR count). The van der Waals surface area contributed by atoms with E-state index in [4.69, 9.17) is 9.47 Å². The molecule has 146 valence electrons. The van der Waals surface area contributed by atoms with Gasteiger partial charge in [0.1, 0.15) is 0 Å². The fraction of sp³-hybridized carbons (Fsp3) is 0.944. The summed E-state index contributed by atoms with van der Waals surface area (Å²) in [4.78, 5) is 4.25. The Morgan fingerprint density at radius 3 is 2.08 bits per heavy atom. The molecule has 6 heteroatoms. The summed E-state index contributed by atoms with van der Waals surface area (Å²) in [5.41, 5.74) is 0. The highest BCUT2D eigenvalue weighted by molar-refractivity contribution is 14.0. The third-order valence-electron chi connectivity index (χ3n) is 3.66. The molecule has 0 aromatic heterocycles. The summed E-state index contributed by atoms with van der Waals surface area (Å²) < 4.78 is 10.4. The maximum absolute atomic E-state index is 5.44. The lowest BCUT2D eigenvalue weighted by molar-refractivity contribution is 0.0689. The Morgan fingerprint density at radius 1 is 0.875 bits per heavy atom. The van der Waals surface area contributed by atoms with Crippen molar-refractivity contribution in [2.24, 2.45) is 10.9 Å². The smallest absolute Gasteiger partial charge is 0.190 e. The second-order valence-electron chi connectivity index (χ2n) is 6.33. The molecule has 5 nitrogen and oxygen atoms in total. The van der Waals surface area contributed by atoms with Crippen LogP contribution < -0.4 is 10.6 Å². The molecule has 0 spiro atoms. The molecular formula is C18H40IN3O2. The quantitative estimate of drug-likeness (QED) is 0.170. The maximum atomic E-state index is 5.44. The molecule has 0 radical (unpaired) electrons. The van der Waals surface area contributed by atoms with Crippen LogP contribution in [-0.4, -0.2) is 53.0 Å². The monoisotopic (exact) mass is 457 g/mol. The molecule has 0 aliphatic carbocycles. The van der Waals surface area contributed by atoms with Gasteiger partial charge in [-0.15, -0.1) is 24.0 Å². The van der Waals surface area contributed by atoms with Crippen LogP contribution in [0.4, 0.5) is 0 Å². The third kappa shape index (κ3) is 20.0. The highest BCUT2D eigenvalue weighted by Gasteiger charge is 1.98. The van der Waals surface area contributed by atoms with Crippen LogP contribution in [0, 0.1) is 5.92 Å². The fourth-order valence-corrected chi connectivity index (χ4v) is 2.24. The zero-order chi connectivity index (χ0) is 17.2. The topological polar surface area (TPSA) is 54.9 Å². The molecule has 0 amide bonds. The van der Waals surface area contributed by atoms with E-state index in [1.165, 1.54) is 32.1 Å². The van der Waals surface area contributed by atoms with Crippen molar-refractivity contribution in [1.82, 2.24) is 10.6 Å². The Bertz CT molecular complexity index is 277. The number of hydrogen-bond acceptors (Lipinski definition) is 3. The molecule has 0 heterocycles. The second kappa shape index (κ2) is 21.0. The van der Waals surface area contributed by atoms with Gasteiger partial charge >= 0.3 is 0 Å². The lowest BCUT2D eigenvalue weighted by Crippen LogP contribution is -2.38. The van der Waals surface area contributed by atoms with Crippen molar-refractivity contribution >= 4 is 29.9 Å². The molecule has 0 aliphatic heterocycles. The van der Waals surface area contributed by atoms with Crippen molar-refractivity contribution < 1.29 is 9.47 Å². The molecule has 2 N–H and O–H groups in total. The normalized spacial score (nSPS) is 11.5. The van der Waals surface area contributed by atoms with Gasteiger partial charge in [0.2, 0.25) is 0 Å². The number of guanidine groups is 1. The van der Waals surface area contributed by atoms with Crippen LogP contribution in [-0.2, 0) is 9.47 Å². The summed E-state index contributed by atoms with van der Waals surface area (Å²) in [6.45, 7) is 8.68. The van der Waals surface area contributed by atoms with Gasteiger partial charge in [-0.2, -0.15) is 0 Å². The number of ether oxygens (including phenoxy) is 2. The lowest BCUT2D eigenvalue weighted by Gasteiger charge is -2.12. The van der Waals surface area contributed by atoms with E-state index >= 15 is 0 Å². The third-order valence-corrected chi connectivity index (χ3v) is 3.66. The van der Waals surface area contributed by atoms with Crippen molar-refractivity contribution in [3.05, 3.63) is 0 Å². The SMILES string of the molecule is CN=C(NCCCCCCC(C)C)NCCCCOCCOC.I. The van der Waals surface area contributed by atoms with Gasteiger partial charge in [0.05, 0.1) is 13.2 Å². The maximum Gasteiger partial charge on any atom is 0.190 e. The minimum atomic E-state index is 0. The molecule has 0 aromatic rings. The molecule has 0 atom stereocenters. The average molecular weight is 457 g/mol. The van der Waals surface area contributed by atoms with E-state index in [1.807, 2.05) is 7.05 Å². The number of unbranched alkanes of at least 4 members (excludes halogenated alkanes) is 4. The standard InChI is InChI=1S/C18H39N3O2.HI/c1-17(2)11-7-5-6-8-12-20-18(19-3)21-13-9-10-14-23-16-15-22-4;/h17H,5-16H2,1-4H3,(H2,19,20,21);1H. The first kappa shape index (κ1) is 26.2. The molecular weight excluding hydrogens is 417 g/mol. The van der Waals surface area contributed by atoms with Crippen LogP contribution in [0.15, 0.2) is 4.99 Å². The first-order chi connectivity index (χ1) is 11.2. The molecule has 0 saturated heterocycles. The van der Waals surface area contributed by atoms with Crippen LogP contribution in [0.2, 0.25) is 0 Å². The summed E-state index contributed by atoms with van der Waals surface area (Å²) in [6.07, 6.45) is 8.71. The fourth-order valence-electron chi connectivity index (χ4n) is 2.24. The number of nitrogens with zero attached hydrogens (tertiary/aromatic N) is 1. The molecule has 0 saturated carbocycles. The average Bonchev–Trinajstić information content (AvgIpc) is 2.54. The second-order valence-corrected chi connectivity index (χ2v) is 6.33. The predicted molar refractivity (Wildman–Crippen MR) is 115 cm³/mol. The van der Waals surface area contributed by atoms with Gasteiger partial charge in [-0.25, -0.2) is 0 Å². The number of halogens is 1. The molecule has 0 bridgehead atoms. The van der Waals surface area contributed by atoms with E-state index in [-0.39, 0.29) is 24.0 Å². The summed E-state index contributed by atoms with van der Waals surface area (Å²) >= 11 is 0. The molecule has 0 fully saturated rings. The zero-order valence-electron chi connectivity index (χ0n) is 16.2. The molecule has 0 aromatic carbocycles. The van der Waals surface area contributed by atoms with Gasteiger partial charge in [-0.3, -0.25) is 4.99 Å². The van der Waals surface area contributed by atoms with Gasteiger partial charge < -0.3 is 20.1 Å². The van der Waals surface area contributed by atoms with Crippen LogP contribution in [0.3, 0.4) is 0 Å². The van der Waals surface area contributed by atoms with Gasteiger partial charge in [0.25, 0.3) is 0 Å². The molecule has 0 aliphatic rings. The van der Waals surface area contributed by atoms with E-state index in [9.17, 15) is 0 Å². The molecule has 24 heavy (non-hydrogen) atoms. The number of hydrogen-bond donors (Lipinski definition) is 2. The van der Waals surface area contributed by atoms with Crippen molar-refractivity contribution in [2.75, 3.05) is 47.1 Å². The molecule has 0 unspecified atom stereocenters. The van der Waals surface area contributed by atoms with Gasteiger partial charge in [0.15, 0.2) is 5.96 Å². The number of nitrogens with one attached hydrogen (secondary N) is 2. The first-order valence-electron chi connectivity index (χ1n) is 9.22. The zero-order valence-corrected chi connectivity index (χ0v) is 18.6. The van der Waals surface area contributed by atoms with Crippen LogP contribution in [0.5, 0.6) is 0 Å². The minimum Gasteiger partial charge on any atom is -0.382 e. The Balaban J connectivity index is 0. The summed E-state index contributed by atoms with van der Waals surface area (Å²) in [5, 5.41) is 6.73. The van der Waals surface area contributed by atoms with E-state index in [0.717, 1.165) is 44.4 Å². The first-order valence-corrected chi connectivity index (χ1v) is 9.22. The van der Waals surface area contributed by atoms with Gasteiger partial charge in [-0.1, -0.05) is 39.5 Å². The van der Waals surface area contributed by atoms with Crippen molar-refractivity contribution in [3.8, 4) is 0 Å².